The van der Waals surface area contributed by atoms with Crippen LogP contribution in [0.2, 0.25) is 0 Å². The summed E-state index contributed by atoms with van der Waals surface area (Å²) in [5.41, 5.74) is 0. The third-order valence-corrected chi connectivity index (χ3v) is 4.09. The van der Waals surface area contributed by atoms with Crippen LogP contribution in [0.3, 0.4) is 0 Å². The quantitative estimate of drug-likeness (QED) is 0.789. The molecule has 0 radical (unpaired) electrons. The zero-order chi connectivity index (χ0) is 15.6. The normalized spacial score (nSPS) is 11.3. The van der Waals surface area contributed by atoms with E-state index in [9.17, 15) is 12.8 Å². The molecule has 112 valence electrons. The number of anilines is 1. The fourth-order valence-corrected chi connectivity index (χ4v) is 2.79. The maximum atomic E-state index is 13.2. The molecule has 9 heteroatoms. The molecule has 1 aromatic carbocycles. The van der Waals surface area contributed by atoms with Gasteiger partial charge >= 0.3 is 0 Å². The highest BCUT2D eigenvalue weighted by Crippen LogP contribution is 2.16. The molecule has 0 atom stereocenters. The summed E-state index contributed by atoms with van der Waals surface area (Å²) in [5, 5.41) is 3.99. The lowest BCUT2D eigenvalue weighted by Crippen LogP contribution is -2.14. The first-order valence-corrected chi connectivity index (χ1v) is 7.63. The Morgan fingerprint density at radius 1 is 1.14 bits per heavy atom. The Morgan fingerprint density at radius 2 is 2.00 bits per heavy atom. The van der Waals surface area contributed by atoms with Crippen LogP contribution >= 0.6 is 0 Å². The standard InChI is InChI=1S/C13H10FN5O2S/c14-10-3-1-4-11(7-10)22(20,21)18-12-8-13(16-9-15-12)19-6-2-5-17-19/h1-9H,(H,15,16,18). The lowest BCUT2D eigenvalue weighted by atomic mass is 10.4. The third-order valence-electron chi connectivity index (χ3n) is 2.74. The van der Waals surface area contributed by atoms with Crippen LogP contribution in [-0.4, -0.2) is 28.2 Å². The van der Waals surface area contributed by atoms with Gasteiger partial charge < -0.3 is 0 Å². The van der Waals surface area contributed by atoms with E-state index in [4.69, 9.17) is 0 Å². The monoisotopic (exact) mass is 319 g/mol. The van der Waals surface area contributed by atoms with Gasteiger partial charge in [0.2, 0.25) is 0 Å². The molecule has 22 heavy (non-hydrogen) atoms. The van der Waals surface area contributed by atoms with Crippen LogP contribution in [0.15, 0.2) is 60.0 Å². The predicted molar refractivity (Wildman–Crippen MR) is 76.4 cm³/mol. The minimum absolute atomic E-state index is 0.0600. The summed E-state index contributed by atoms with van der Waals surface area (Å²) in [6, 6.07) is 7.83. The van der Waals surface area contributed by atoms with E-state index >= 15 is 0 Å². The van der Waals surface area contributed by atoms with Crippen LogP contribution < -0.4 is 4.72 Å². The van der Waals surface area contributed by atoms with Crippen molar-refractivity contribution in [3.05, 3.63) is 60.9 Å². The fourth-order valence-electron chi connectivity index (χ4n) is 1.76. The van der Waals surface area contributed by atoms with Gasteiger partial charge in [0.25, 0.3) is 10.0 Å². The lowest BCUT2D eigenvalue weighted by Gasteiger charge is -2.08. The van der Waals surface area contributed by atoms with Crippen molar-refractivity contribution in [3.8, 4) is 5.82 Å². The van der Waals surface area contributed by atoms with Crippen LogP contribution in [0.25, 0.3) is 5.82 Å². The van der Waals surface area contributed by atoms with Gasteiger partial charge in [-0.1, -0.05) is 6.07 Å². The molecule has 0 spiro atoms. The molecule has 0 aliphatic carbocycles. The Labute approximate surface area is 125 Å². The van der Waals surface area contributed by atoms with Crippen LogP contribution in [0.1, 0.15) is 0 Å². The molecule has 3 aromatic rings. The van der Waals surface area contributed by atoms with Crippen molar-refractivity contribution in [3.63, 3.8) is 0 Å². The average molecular weight is 319 g/mol. The van der Waals surface area contributed by atoms with E-state index in [-0.39, 0.29) is 10.7 Å². The number of aromatic nitrogens is 4. The van der Waals surface area contributed by atoms with Gasteiger partial charge in [-0.15, -0.1) is 0 Å². The number of sulfonamides is 1. The summed E-state index contributed by atoms with van der Waals surface area (Å²) in [6.45, 7) is 0. The SMILES string of the molecule is O=S(=O)(Nc1cc(-n2cccn2)ncn1)c1cccc(F)c1. The van der Waals surface area contributed by atoms with Crippen LogP contribution in [0.5, 0.6) is 0 Å². The lowest BCUT2D eigenvalue weighted by molar-refractivity contribution is 0.595. The average Bonchev–Trinajstić information content (AvgIpc) is 3.01. The molecule has 0 saturated carbocycles. The fraction of sp³-hybridized carbons (Fsp3) is 0. The molecule has 2 aromatic heterocycles. The molecule has 0 bridgehead atoms. The first-order chi connectivity index (χ1) is 10.5. The number of hydrogen-bond acceptors (Lipinski definition) is 5. The molecule has 0 aliphatic heterocycles. The Kier molecular flexibility index (Phi) is 3.55. The molecule has 3 rings (SSSR count). The minimum Gasteiger partial charge on any atom is -0.263 e. The summed E-state index contributed by atoms with van der Waals surface area (Å²) < 4.78 is 41.3. The Bertz CT molecular complexity index is 896. The molecule has 0 fully saturated rings. The summed E-state index contributed by atoms with van der Waals surface area (Å²) >= 11 is 0. The minimum atomic E-state index is -3.93. The van der Waals surface area contributed by atoms with Crippen molar-refractivity contribution in [1.82, 2.24) is 19.7 Å². The van der Waals surface area contributed by atoms with Gasteiger partial charge in [-0.25, -0.2) is 27.5 Å². The highest BCUT2D eigenvalue weighted by Gasteiger charge is 2.16. The maximum Gasteiger partial charge on any atom is 0.263 e. The predicted octanol–water partition coefficient (Wildman–Crippen LogP) is 1.60. The second-order valence-corrected chi connectivity index (χ2v) is 5.96. The van der Waals surface area contributed by atoms with E-state index < -0.39 is 15.8 Å². The number of nitrogens with zero attached hydrogens (tertiary/aromatic N) is 4. The molecule has 7 nitrogen and oxygen atoms in total. The zero-order valence-corrected chi connectivity index (χ0v) is 11.9. The number of hydrogen-bond donors (Lipinski definition) is 1. The van der Waals surface area contributed by atoms with Gasteiger partial charge in [-0.2, -0.15) is 5.10 Å². The molecule has 2 heterocycles. The van der Waals surface area contributed by atoms with Crippen LogP contribution in [0.4, 0.5) is 10.2 Å². The van der Waals surface area contributed by atoms with Crippen molar-refractivity contribution in [1.29, 1.82) is 0 Å². The van der Waals surface area contributed by atoms with Gasteiger partial charge in [0.05, 0.1) is 4.90 Å². The van der Waals surface area contributed by atoms with E-state index in [0.717, 1.165) is 6.07 Å². The van der Waals surface area contributed by atoms with E-state index in [1.165, 1.54) is 35.3 Å². The van der Waals surface area contributed by atoms with Crippen molar-refractivity contribution < 1.29 is 12.8 Å². The maximum absolute atomic E-state index is 13.2. The first kappa shape index (κ1) is 14.1. The largest absolute Gasteiger partial charge is 0.263 e. The van der Waals surface area contributed by atoms with E-state index in [1.54, 1.807) is 18.5 Å². The van der Waals surface area contributed by atoms with Gasteiger partial charge in [0.15, 0.2) is 5.82 Å². The molecular formula is C13H10FN5O2S. The van der Waals surface area contributed by atoms with Gasteiger partial charge in [-0.05, 0) is 24.3 Å². The number of halogens is 1. The zero-order valence-electron chi connectivity index (χ0n) is 11.1. The summed E-state index contributed by atoms with van der Waals surface area (Å²) in [5.74, 6) is -0.176. The molecule has 1 N–H and O–H groups in total. The van der Waals surface area contributed by atoms with Crippen molar-refractivity contribution in [2.45, 2.75) is 4.90 Å². The number of nitrogens with one attached hydrogen (secondary N) is 1. The van der Waals surface area contributed by atoms with Gasteiger partial charge in [-0.3, -0.25) is 4.72 Å². The van der Waals surface area contributed by atoms with Crippen LogP contribution in [0, 0.1) is 5.82 Å². The Morgan fingerprint density at radius 3 is 2.73 bits per heavy atom. The van der Waals surface area contributed by atoms with Crippen molar-refractivity contribution >= 4 is 15.8 Å². The van der Waals surface area contributed by atoms with E-state index in [0.29, 0.717) is 5.82 Å². The van der Waals surface area contributed by atoms with Crippen LogP contribution in [-0.2, 0) is 10.0 Å². The number of rotatable bonds is 4. The van der Waals surface area contributed by atoms with E-state index in [2.05, 4.69) is 19.8 Å². The molecule has 0 aliphatic rings. The summed E-state index contributed by atoms with van der Waals surface area (Å²) in [7, 11) is -3.93. The van der Waals surface area contributed by atoms with Gasteiger partial charge in [0.1, 0.15) is 18.0 Å². The Balaban J connectivity index is 1.91. The smallest absolute Gasteiger partial charge is 0.263 e. The highest BCUT2D eigenvalue weighted by molar-refractivity contribution is 7.92. The second kappa shape index (κ2) is 5.53. The third kappa shape index (κ3) is 2.93. The summed E-state index contributed by atoms with van der Waals surface area (Å²) in [6.07, 6.45) is 4.44. The second-order valence-electron chi connectivity index (χ2n) is 4.27. The van der Waals surface area contributed by atoms with Crippen molar-refractivity contribution in [2.24, 2.45) is 0 Å². The molecular weight excluding hydrogens is 309 g/mol. The first-order valence-electron chi connectivity index (χ1n) is 6.15. The van der Waals surface area contributed by atoms with Gasteiger partial charge in [0, 0.05) is 18.5 Å². The Hall–Kier alpha value is -2.81. The highest BCUT2D eigenvalue weighted by atomic mass is 32.2. The summed E-state index contributed by atoms with van der Waals surface area (Å²) in [4.78, 5) is 7.65. The van der Waals surface area contributed by atoms with Crippen molar-refractivity contribution in [2.75, 3.05) is 4.72 Å². The molecule has 0 saturated heterocycles. The molecule has 0 amide bonds. The number of benzene rings is 1. The molecule has 0 unspecified atom stereocenters. The topological polar surface area (TPSA) is 89.8 Å². The van der Waals surface area contributed by atoms with E-state index in [1.807, 2.05) is 0 Å².